The number of carbonyl (C=O) groups excluding carboxylic acids is 1. The van der Waals surface area contributed by atoms with Gasteiger partial charge in [0.2, 0.25) is 11.7 Å². The molecule has 3 rings (SSSR count). The number of rotatable bonds is 7. The van der Waals surface area contributed by atoms with Gasteiger partial charge in [0.1, 0.15) is 5.82 Å². The van der Waals surface area contributed by atoms with Crippen LogP contribution in [0.4, 0.5) is 11.6 Å². The van der Waals surface area contributed by atoms with E-state index in [1.165, 1.54) is 0 Å². The number of benzene rings is 1. The van der Waals surface area contributed by atoms with Gasteiger partial charge in [-0.1, -0.05) is 0 Å². The van der Waals surface area contributed by atoms with E-state index in [0.29, 0.717) is 40.3 Å². The normalized spacial score (nSPS) is 10.5. The van der Waals surface area contributed by atoms with E-state index in [2.05, 4.69) is 15.3 Å². The molecular weight excluding hydrogens is 360 g/mol. The summed E-state index contributed by atoms with van der Waals surface area (Å²) in [6.07, 6.45) is 6.17. The van der Waals surface area contributed by atoms with Crippen molar-refractivity contribution in [1.82, 2.24) is 14.5 Å². The molecule has 0 radical (unpaired) electrons. The highest BCUT2D eigenvalue weighted by Gasteiger charge is 2.15. The molecule has 3 aromatic rings. The standard InChI is InChI=1S/C20H22N4O4/c1-12-8-21-20(23-19(12)24-9-13(2)14(10-24)11-25)22-15-6-16(26-3)18(28-5)17(7-15)27-4/h6-11H,1-5H3,(H,21,22,23). The van der Waals surface area contributed by atoms with Gasteiger partial charge in [0.25, 0.3) is 0 Å². The van der Waals surface area contributed by atoms with Crippen LogP contribution in [0.5, 0.6) is 17.2 Å². The van der Waals surface area contributed by atoms with Gasteiger partial charge in [-0.05, 0) is 19.4 Å². The summed E-state index contributed by atoms with van der Waals surface area (Å²) in [5, 5.41) is 3.16. The molecule has 1 aromatic carbocycles. The van der Waals surface area contributed by atoms with Crippen molar-refractivity contribution >= 4 is 17.9 Å². The summed E-state index contributed by atoms with van der Waals surface area (Å²) in [6, 6.07) is 3.54. The van der Waals surface area contributed by atoms with Crippen molar-refractivity contribution in [3.05, 3.63) is 47.4 Å². The van der Waals surface area contributed by atoms with Crippen molar-refractivity contribution < 1.29 is 19.0 Å². The van der Waals surface area contributed by atoms with E-state index >= 15 is 0 Å². The van der Waals surface area contributed by atoms with E-state index in [1.807, 2.05) is 24.6 Å². The van der Waals surface area contributed by atoms with Crippen LogP contribution in [0.3, 0.4) is 0 Å². The summed E-state index contributed by atoms with van der Waals surface area (Å²) in [4.78, 5) is 20.1. The maximum absolute atomic E-state index is 11.1. The second kappa shape index (κ2) is 7.99. The quantitative estimate of drug-likeness (QED) is 0.626. The van der Waals surface area contributed by atoms with Crippen molar-refractivity contribution in [3.63, 3.8) is 0 Å². The van der Waals surface area contributed by atoms with Crippen molar-refractivity contribution in [2.24, 2.45) is 0 Å². The summed E-state index contributed by atoms with van der Waals surface area (Å²) >= 11 is 0. The van der Waals surface area contributed by atoms with Crippen LogP contribution >= 0.6 is 0 Å². The second-order valence-electron chi connectivity index (χ2n) is 6.16. The lowest BCUT2D eigenvalue weighted by Gasteiger charge is -2.15. The Kier molecular flexibility index (Phi) is 5.49. The minimum Gasteiger partial charge on any atom is -0.493 e. The zero-order valence-corrected chi connectivity index (χ0v) is 16.4. The molecule has 0 spiro atoms. The predicted molar refractivity (Wildman–Crippen MR) is 106 cm³/mol. The van der Waals surface area contributed by atoms with Gasteiger partial charge in [-0.3, -0.25) is 4.79 Å². The van der Waals surface area contributed by atoms with Crippen LogP contribution < -0.4 is 19.5 Å². The fourth-order valence-electron chi connectivity index (χ4n) is 2.85. The first-order chi connectivity index (χ1) is 13.5. The van der Waals surface area contributed by atoms with E-state index < -0.39 is 0 Å². The van der Waals surface area contributed by atoms with E-state index in [1.54, 1.807) is 45.9 Å². The molecule has 1 N–H and O–H groups in total. The maximum atomic E-state index is 11.1. The molecule has 0 aliphatic carbocycles. The molecule has 0 unspecified atom stereocenters. The van der Waals surface area contributed by atoms with Crippen molar-refractivity contribution in [3.8, 4) is 23.1 Å². The highest BCUT2D eigenvalue weighted by molar-refractivity contribution is 5.77. The Balaban J connectivity index is 1.98. The Bertz CT molecular complexity index is 988. The van der Waals surface area contributed by atoms with Gasteiger partial charge in [-0.2, -0.15) is 4.98 Å². The Morgan fingerprint density at radius 1 is 1.00 bits per heavy atom. The molecule has 0 aliphatic heterocycles. The molecule has 2 aromatic heterocycles. The van der Waals surface area contributed by atoms with E-state index in [9.17, 15) is 4.79 Å². The van der Waals surface area contributed by atoms with E-state index in [-0.39, 0.29) is 0 Å². The first-order valence-electron chi connectivity index (χ1n) is 8.55. The third-order valence-electron chi connectivity index (χ3n) is 4.30. The minimum atomic E-state index is 0.397. The van der Waals surface area contributed by atoms with Crippen molar-refractivity contribution in [1.29, 1.82) is 0 Å². The number of carbonyl (C=O) groups is 1. The van der Waals surface area contributed by atoms with Crippen LogP contribution in [0, 0.1) is 13.8 Å². The number of aryl methyl sites for hydroxylation is 2. The van der Waals surface area contributed by atoms with E-state index in [4.69, 9.17) is 14.2 Å². The van der Waals surface area contributed by atoms with Crippen LogP contribution in [0.1, 0.15) is 21.5 Å². The molecule has 0 bridgehead atoms. The highest BCUT2D eigenvalue weighted by atomic mass is 16.5. The van der Waals surface area contributed by atoms with Crippen molar-refractivity contribution in [2.45, 2.75) is 13.8 Å². The summed E-state index contributed by atoms with van der Waals surface area (Å²) in [7, 11) is 4.66. The molecule has 2 heterocycles. The number of hydrogen-bond acceptors (Lipinski definition) is 7. The van der Waals surface area contributed by atoms with Gasteiger partial charge in [-0.25, -0.2) is 4.98 Å². The van der Waals surface area contributed by atoms with Gasteiger partial charge in [0.15, 0.2) is 17.8 Å². The smallest absolute Gasteiger partial charge is 0.229 e. The number of nitrogens with one attached hydrogen (secondary N) is 1. The number of aldehydes is 1. The number of hydrogen-bond donors (Lipinski definition) is 1. The number of methoxy groups -OCH3 is 3. The maximum Gasteiger partial charge on any atom is 0.229 e. The number of aromatic nitrogens is 3. The molecule has 8 nitrogen and oxygen atoms in total. The average Bonchev–Trinajstić information content (AvgIpc) is 3.09. The monoisotopic (exact) mass is 382 g/mol. The zero-order chi connectivity index (χ0) is 20.3. The lowest BCUT2D eigenvalue weighted by atomic mass is 10.2. The molecule has 0 amide bonds. The number of nitrogens with zero attached hydrogens (tertiary/aromatic N) is 3. The predicted octanol–water partition coefficient (Wildman–Crippen LogP) is 3.47. The Labute approximate surface area is 163 Å². The molecule has 0 fully saturated rings. The number of anilines is 2. The summed E-state index contributed by atoms with van der Waals surface area (Å²) in [5.41, 5.74) is 3.06. The summed E-state index contributed by atoms with van der Waals surface area (Å²) < 4.78 is 17.9. The first-order valence-corrected chi connectivity index (χ1v) is 8.55. The number of ether oxygens (including phenoxy) is 3. The largest absolute Gasteiger partial charge is 0.493 e. The summed E-state index contributed by atoms with van der Waals surface area (Å²) in [5.74, 6) is 2.63. The lowest BCUT2D eigenvalue weighted by molar-refractivity contribution is 0.112. The van der Waals surface area contributed by atoms with E-state index in [0.717, 1.165) is 17.4 Å². The third-order valence-corrected chi connectivity index (χ3v) is 4.30. The molecule has 0 aliphatic rings. The lowest BCUT2D eigenvalue weighted by Crippen LogP contribution is -2.05. The van der Waals surface area contributed by atoms with Crippen LogP contribution in [0.2, 0.25) is 0 Å². The van der Waals surface area contributed by atoms with Gasteiger partial charge < -0.3 is 24.1 Å². The molecule has 0 atom stereocenters. The van der Waals surface area contributed by atoms with Gasteiger partial charge >= 0.3 is 0 Å². The molecular formula is C20H22N4O4. The van der Waals surface area contributed by atoms with Crippen LogP contribution in [-0.4, -0.2) is 42.2 Å². The Morgan fingerprint density at radius 2 is 1.68 bits per heavy atom. The SMILES string of the molecule is COc1cc(Nc2ncc(C)c(-n3cc(C)c(C=O)c3)n2)cc(OC)c1OC. The molecule has 0 saturated carbocycles. The van der Waals surface area contributed by atoms with Gasteiger partial charge in [0, 0.05) is 47.5 Å². The Hall–Kier alpha value is -3.55. The first kappa shape index (κ1) is 19.2. The third kappa shape index (κ3) is 3.62. The molecule has 28 heavy (non-hydrogen) atoms. The van der Waals surface area contributed by atoms with Gasteiger partial charge in [0.05, 0.1) is 21.3 Å². The topological polar surface area (TPSA) is 87.5 Å². The van der Waals surface area contributed by atoms with Crippen LogP contribution in [0.25, 0.3) is 5.82 Å². The molecule has 146 valence electrons. The van der Waals surface area contributed by atoms with Crippen molar-refractivity contribution in [2.75, 3.05) is 26.6 Å². The Morgan fingerprint density at radius 3 is 2.21 bits per heavy atom. The summed E-state index contributed by atoms with van der Waals surface area (Å²) in [6.45, 7) is 3.79. The average molecular weight is 382 g/mol. The highest BCUT2D eigenvalue weighted by Crippen LogP contribution is 2.40. The van der Waals surface area contributed by atoms with Gasteiger partial charge in [-0.15, -0.1) is 0 Å². The molecule has 0 saturated heterocycles. The van der Waals surface area contributed by atoms with Crippen LogP contribution in [0.15, 0.2) is 30.7 Å². The fraction of sp³-hybridized carbons (Fsp3) is 0.250. The fourth-order valence-corrected chi connectivity index (χ4v) is 2.85. The molecule has 8 heteroatoms. The minimum absolute atomic E-state index is 0.397. The second-order valence-corrected chi connectivity index (χ2v) is 6.16. The van der Waals surface area contributed by atoms with Crippen LogP contribution in [-0.2, 0) is 0 Å². The zero-order valence-electron chi connectivity index (χ0n) is 16.4.